The zero-order chi connectivity index (χ0) is 94.0. The topological polar surface area (TPSA) is 326 Å². The molecule has 7 rings (SSSR count). The first-order valence-corrected chi connectivity index (χ1v) is 46.2. The van der Waals surface area contributed by atoms with Crippen molar-refractivity contribution in [2.45, 2.75) is 310 Å². The fraction of sp³-hybridized carbons (Fsp3) is 0.533. The predicted molar refractivity (Wildman–Crippen MR) is 505 cm³/mol. The van der Waals surface area contributed by atoms with Gasteiger partial charge in [-0.15, -0.1) is 0 Å². The van der Waals surface area contributed by atoms with Crippen LogP contribution in [0.25, 0.3) is 0 Å². The maximum absolute atomic E-state index is 12.2. The van der Waals surface area contributed by atoms with E-state index in [9.17, 15) is 69.3 Å². The van der Waals surface area contributed by atoms with Crippen molar-refractivity contribution in [1.29, 1.82) is 0 Å². The van der Waals surface area contributed by atoms with Crippen LogP contribution in [0.5, 0.6) is 80.5 Å². The van der Waals surface area contributed by atoms with Gasteiger partial charge in [-0.3, -0.25) is 28.8 Å². The van der Waals surface area contributed by atoms with Crippen LogP contribution in [0.3, 0.4) is 0 Å². The van der Waals surface area contributed by atoms with Crippen LogP contribution >= 0.6 is 0 Å². The Kier molecular flexibility index (Phi) is 62.7. The van der Waals surface area contributed by atoms with Crippen molar-refractivity contribution in [1.82, 2.24) is 0 Å². The highest BCUT2D eigenvalue weighted by atomic mass is 16.5. The normalized spacial score (nSPS) is 10.9. The first-order chi connectivity index (χ1) is 60.5. The molecular formula is C105H154O21. The molecule has 0 aliphatic rings. The van der Waals surface area contributed by atoms with Crippen molar-refractivity contribution in [2.75, 3.05) is 46.2 Å². The SMILES string of the molecule is CCCC(=O)CCc1ccc(O)c(OCC)c1.CCCCCC(=O)CCc1ccc(O)c(OCC)c1.CCCCCCC(=O)CCc1ccc(O)c(OCC)c1.CCCCCCCC(=O)C(C)Cc1ccc(O)c(OCC)c1.CCOc1cc(CC(C)C(=O)CC)ccc1O.CCOc1cc(CCC(=O)CC)ccc1O.CCOc1cc(CCC(C)=O)ccc1O. The molecule has 0 aliphatic carbocycles. The van der Waals surface area contributed by atoms with Crippen LogP contribution in [0.4, 0.5) is 0 Å². The van der Waals surface area contributed by atoms with Crippen molar-refractivity contribution in [2.24, 2.45) is 11.8 Å². The van der Waals surface area contributed by atoms with Gasteiger partial charge in [-0.1, -0.05) is 156 Å². The minimum atomic E-state index is 0.0130. The largest absolute Gasteiger partial charge is 0.504 e. The third kappa shape index (κ3) is 51.1. The van der Waals surface area contributed by atoms with Gasteiger partial charge in [0.15, 0.2) is 80.5 Å². The monoisotopic (exact) mass is 1750 g/mol. The number of hydrogen-bond acceptors (Lipinski definition) is 21. The highest BCUT2D eigenvalue weighted by Crippen LogP contribution is 2.34. The number of carbonyl (C=O) groups excluding carboxylic acids is 7. The van der Waals surface area contributed by atoms with E-state index < -0.39 is 0 Å². The molecule has 126 heavy (non-hydrogen) atoms. The van der Waals surface area contributed by atoms with E-state index in [1.165, 1.54) is 32.1 Å². The molecule has 7 aromatic carbocycles. The molecule has 21 nitrogen and oxygen atoms in total. The quantitative estimate of drug-likeness (QED) is 0.0174. The van der Waals surface area contributed by atoms with E-state index in [0.29, 0.717) is 225 Å². The lowest BCUT2D eigenvalue weighted by Gasteiger charge is -2.12. The maximum atomic E-state index is 12.2. The van der Waals surface area contributed by atoms with Gasteiger partial charge in [-0.2, -0.15) is 0 Å². The summed E-state index contributed by atoms with van der Waals surface area (Å²) in [4.78, 5) is 80.6. The fourth-order valence-electron chi connectivity index (χ4n) is 12.9. The predicted octanol–water partition coefficient (Wildman–Crippen LogP) is 24.1. The molecule has 0 saturated heterocycles. The second-order valence-corrected chi connectivity index (χ2v) is 31.0. The molecule has 700 valence electrons. The van der Waals surface area contributed by atoms with Crippen LogP contribution in [0.2, 0.25) is 0 Å². The van der Waals surface area contributed by atoms with Gasteiger partial charge in [0.1, 0.15) is 40.5 Å². The number of phenolic OH excluding ortho intramolecular Hbond substituents is 7. The number of Topliss-reactive ketones (excluding diaryl/α,β-unsaturated/α-hetero) is 7. The first-order valence-electron chi connectivity index (χ1n) is 46.2. The smallest absolute Gasteiger partial charge is 0.161 e. The Bertz CT molecular complexity index is 4220. The molecule has 7 N–H and O–H groups in total. The zero-order valence-corrected chi connectivity index (χ0v) is 79.0. The summed E-state index contributed by atoms with van der Waals surface area (Å²) in [5.74, 6) is 6.48. The molecule has 7 aromatic rings. The van der Waals surface area contributed by atoms with E-state index >= 15 is 0 Å². The van der Waals surface area contributed by atoms with E-state index in [1.54, 1.807) is 79.7 Å². The lowest BCUT2D eigenvalue weighted by molar-refractivity contribution is -0.123. The number of carbonyl (C=O) groups is 7. The number of phenols is 7. The Morgan fingerprint density at radius 2 is 0.476 bits per heavy atom. The minimum Gasteiger partial charge on any atom is -0.504 e. The molecule has 2 atom stereocenters. The van der Waals surface area contributed by atoms with E-state index in [0.717, 1.165) is 90.3 Å². The summed E-state index contributed by atoms with van der Waals surface area (Å²) < 4.78 is 37.2. The minimum absolute atomic E-state index is 0.0130. The number of benzene rings is 7. The van der Waals surface area contributed by atoms with Crippen molar-refractivity contribution in [3.63, 3.8) is 0 Å². The van der Waals surface area contributed by atoms with Gasteiger partial charge in [-0.05, 0) is 250 Å². The number of rotatable bonds is 54. The first kappa shape index (κ1) is 113. The summed E-state index contributed by atoms with van der Waals surface area (Å²) in [7, 11) is 0. The number of unbranched alkanes of at least 4 members (excludes halogenated alkanes) is 9. The van der Waals surface area contributed by atoms with Crippen molar-refractivity contribution in [3.05, 3.63) is 166 Å². The third-order valence-corrected chi connectivity index (χ3v) is 20.2. The molecule has 2 unspecified atom stereocenters. The van der Waals surface area contributed by atoms with Crippen LogP contribution in [0.15, 0.2) is 127 Å². The third-order valence-electron chi connectivity index (χ3n) is 20.2. The zero-order valence-electron chi connectivity index (χ0n) is 79.0. The Morgan fingerprint density at radius 1 is 0.246 bits per heavy atom. The van der Waals surface area contributed by atoms with Gasteiger partial charge in [0.2, 0.25) is 0 Å². The number of aromatic hydroxyl groups is 7. The molecule has 0 fully saturated rings. The van der Waals surface area contributed by atoms with E-state index in [1.807, 2.05) is 138 Å². The Hall–Kier alpha value is -10.6. The van der Waals surface area contributed by atoms with Crippen molar-refractivity contribution >= 4 is 40.5 Å². The summed E-state index contributed by atoms with van der Waals surface area (Å²) in [6.45, 7) is 34.5. The molecule has 0 bridgehead atoms. The van der Waals surface area contributed by atoms with Crippen molar-refractivity contribution < 1.29 is 102 Å². The summed E-state index contributed by atoms with van der Waals surface area (Å²) in [5.41, 5.74) is 7.16. The van der Waals surface area contributed by atoms with Crippen LogP contribution in [0, 0.1) is 11.8 Å². The average Bonchev–Trinajstić information content (AvgIpc) is 0.874. The second kappa shape index (κ2) is 69.6. The Morgan fingerprint density at radius 3 is 0.746 bits per heavy atom. The molecule has 0 radical (unpaired) electrons. The molecular weight excluding hydrogens is 1600 g/mol. The Labute approximate surface area is 753 Å². The van der Waals surface area contributed by atoms with Gasteiger partial charge in [0.05, 0.1) is 46.2 Å². The van der Waals surface area contributed by atoms with Crippen LogP contribution in [-0.2, 0) is 78.5 Å². The molecule has 0 aromatic heterocycles. The average molecular weight is 1750 g/mol. The van der Waals surface area contributed by atoms with E-state index in [4.69, 9.17) is 33.2 Å². The van der Waals surface area contributed by atoms with Gasteiger partial charge >= 0.3 is 0 Å². The van der Waals surface area contributed by atoms with Gasteiger partial charge in [0, 0.05) is 82.5 Å². The molecule has 21 heteroatoms. The van der Waals surface area contributed by atoms with Gasteiger partial charge in [0.25, 0.3) is 0 Å². The Balaban J connectivity index is 0.000000737. The van der Waals surface area contributed by atoms with Crippen molar-refractivity contribution in [3.8, 4) is 80.5 Å². The maximum Gasteiger partial charge on any atom is 0.161 e. The number of hydrogen-bond donors (Lipinski definition) is 7. The fourth-order valence-corrected chi connectivity index (χ4v) is 12.9. The van der Waals surface area contributed by atoms with Crippen LogP contribution in [-0.4, -0.2) is 122 Å². The van der Waals surface area contributed by atoms with Gasteiger partial charge in [-0.25, -0.2) is 0 Å². The van der Waals surface area contributed by atoms with Crippen LogP contribution < -0.4 is 33.2 Å². The van der Waals surface area contributed by atoms with Crippen LogP contribution in [0.1, 0.15) is 304 Å². The van der Waals surface area contributed by atoms with E-state index in [-0.39, 0.29) is 69.4 Å². The summed E-state index contributed by atoms with van der Waals surface area (Å²) in [6, 6.07) is 36.8. The lowest BCUT2D eigenvalue weighted by atomic mass is 9.93. The summed E-state index contributed by atoms with van der Waals surface area (Å²) in [6.07, 6.45) is 26.1. The highest BCUT2D eigenvalue weighted by molar-refractivity contribution is 5.82. The standard InChI is InChI=1S/C19H30O3.C17H26O3.C16H24O3.2C14H20O3.C13H18O3.C12H16O3/c1-4-6-7-8-9-10-17(20)15(3)13-16-11-12-18(21)19(14-16)22-5-2;1-3-5-6-7-8-15(18)11-9-14-10-12-16(19)17(13-14)20-4-2;1-3-5-6-7-14(17)10-8-13-9-11-15(18)16(12-13)19-4-2;1-4-12(15)10(3)8-11-6-7-13(16)14(9-11)17-5-2;1-3-5-12(15)8-6-11-7-9-13(16)14(10-11)17-4-2;1-3-11(14)7-5-10-6-8-12(15)13(9-10)16-4-2;1-3-15-12-8-10(5-4-9(2)13)6-7-11(12)14/h11-12,14-15,21H,4-10,13H2,1-3H3;10,12-13,19H,3-9,11H2,1-2H3;9,11-12,18H,3-8,10H2,1-2H3;6-7,9-10,16H,4-5,8H2,1-3H3;7,9-10,16H,3-6,8H2,1-2H3;6,8-9,15H,3-5,7H2,1-2H3;6-8,14H,3-5H2,1-2H3. The number of ketones is 7. The molecule has 0 heterocycles. The van der Waals surface area contributed by atoms with E-state index in [2.05, 4.69) is 20.8 Å². The molecule has 0 amide bonds. The summed E-state index contributed by atoms with van der Waals surface area (Å²) >= 11 is 0. The van der Waals surface area contributed by atoms with Gasteiger partial charge < -0.3 is 73.7 Å². The second-order valence-electron chi connectivity index (χ2n) is 31.0. The molecule has 0 spiro atoms. The lowest BCUT2D eigenvalue weighted by Crippen LogP contribution is -2.13. The summed E-state index contributed by atoms with van der Waals surface area (Å²) in [5, 5.41) is 67.0. The number of ether oxygens (including phenoxy) is 7. The highest BCUT2D eigenvalue weighted by Gasteiger charge is 2.18. The number of aryl methyl sites for hydroxylation is 5. The molecule has 0 aliphatic heterocycles. The molecule has 0 saturated carbocycles.